The fraction of sp³-hybridized carbons (Fsp3) is 0.429. The van der Waals surface area contributed by atoms with E-state index in [-0.39, 0.29) is 19.1 Å². The van der Waals surface area contributed by atoms with E-state index in [4.69, 9.17) is 0 Å². The predicted octanol–water partition coefficient (Wildman–Crippen LogP) is 2.41. The van der Waals surface area contributed by atoms with Gasteiger partial charge in [0.15, 0.2) is 0 Å². The highest BCUT2D eigenvalue weighted by Gasteiger charge is 2.38. The summed E-state index contributed by atoms with van der Waals surface area (Å²) in [6.07, 6.45) is -3.33. The first-order chi connectivity index (χ1) is 10.3. The zero-order valence-corrected chi connectivity index (χ0v) is 12.3. The summed E-state index contributed by atoms with van der Waals surface area (Å²) in [4.78, 5) is 24.1. The number of hydrogen-bond acceptors (Lipinski definition) is 3. The number of rotatable bonds is 2. The lowest BCUT2D eigenvalue weighted by molar-refractivity contribution is -0.263. The first-order valence-corrected chi connectivity index (χ1v) is 6.73. The molecule has 0 atom stereocenters. The largest absolute Gasteiger partial charge is 0.373 e. The zero-order valence-electron chi connectivity index (χ0n) is 12.3. The van der Waals surface area contributed by atoms with Crippen molar-refractivity contribution in [3.63, 3.8) is 0 Å². The molecular formula is C14H17F2N3O3. The highest BCUT2D eigenvalue weighted by Crippen LogP contribution is 2.23. The van der Waals surface area contributed by atoms with Crippen LogP contribution >= 0.6 is 0 Å². The maximum atomic E-state index is 13.1. The van der Waals surface area contributed by atoms with Crippen LogP contribution in [0.15, 0.2) is 18.2 Å². The lowest BCUT2D eigenvalue weighted by atomic mass is 10.2. The van der Waals surface area contributed by atoms with Crippen molar-refractivity contribution in [1.29, 1.82) is 0 Å². The minimum absolute atomic E-state index is 0.0891. The van der Waals surface area contributed by atoms with Gasteiger partial charge in [-0.2, -0.15) is 8.78 Å². The summed E-state index contributed by atoms with van der Waals surface area (Å²) in [6.45, 7) is 2.26. The Kier molecular flexibility index (Phi) is 4.60. The normalized spacial score (nSPS) is 17.0. The van der Waals surface area contributed by atoms with E-state index in [0.717, 1.165) is 10.5 Å². The Bertz CT molecular complexity index is 593. The van der Waals surface area contributed by atoms with E-state index >= 15 is 0 Å². The SMILES string of the molecule is CC(=O)Nc1cc(NC(=O)N2CCOC(F)(F)C2)ccc1C. The average molecular weight is 313 g/mol. The summed E-state index contributed by atoms with van der Waals surface area (Å²) in [6, 6.07) is 4.29. The molecule has 2 N–H and O–H groups in total. The second-order valence-electron chi connectivity index (χ2n) is 5.05. The quantitative estimate of drug-likeness (QED) is 0.881. The van der Waals surface area contributed by atoms with Crippen LogP contribution in [-0.2, 0) is 9.53 Å². The average Bonchev–Trinajstić information content (AvgIpc) is 2.41. The van der Waals surface area contributed by atoms with Gasteiger partial charge in [-0.05, 0) is 24.6 Å². The molecule has 3 amide bonds. The van der Waals surface area contributed by atoms with Gasteiger partial charge < -0.3 is 20.3 Å². The van der Waals surface area contributed by atoms with Crippen LogP contribution in [0.5, 0.6) is 0 Å². The zero-order chi connectivity index (χ0) is 16.3. The summed E-state index contributed by atoms with van der Waals surface area (Å²) in [5, 5.41) is 5.17. The van der Waals surface area contributed by atoms with Gasteiger partial charge in [0.05, 0.1) is 6.61 Å². The third-order valence-electron chi connectivity index (χ3n) is 3.14. The van der Waals surface area contributed by atoms with E-state index in [1.54, 1.807) is 25.1 Å². The molecule has 22 heavy (non-hydrogen) atoms. The van der Waals surface area contributed by atoms with E-state index in [0.29, 0.717) is 11.4 Å². The molecular weight excluding hydrogens is 296 g/mol. The summed E-state index contributed by atoms with van der Waals surface area (Å²) in [7, 11) is 0. The van der Waals surface area contributed by atoms with Crippen LogP contribution in [-0.4, -0.2) is 42.6 Å². The predicted molar refractivity (Wildman–Crippen MR) is 77.0 cm³/mol. The van der Waals surface area contributed by atoms with Gasteiger partial charge in [0, 0.05) is 24.8 Å². The van der Waals surface area contributed by atoms with E-state index in [9.17, 15) is 18.4 Å². The van der Waals surface area contributed by atoms with Gasteiger partial charge in [-0.15, -0.1) is 0 Å². The topological polar surface area (TPSA) is 70.7 Å². The first-order valence-electron chi connectivity index (χ1n) is 6.73. The maximum Gasteiger partial charge on any atom is 0.373 e. The van der Waals surface area contributed by atoms with Gasteiger partial charge in [0.25, 0.3) is 0 Å². The van der Waals surface area contributed by atoms with Gasteiger partial charge >= 0.3 is 12.1 Å². The fourth-order valence-corrected chi connectivity index (χ4v) is 2.05. The van der Waals surface area contributed by atoms with Crippen molar-refractivity contribution in [2.75, 3.05) is 30.3 Å². The van der Waals surface area contributed by atoms with Crippen LogP contribution in [0.1, 0.15) is 12.5 Å². The molecule has 0 radical (unpaired) electrons. The van der Waals surface area contributed by atoms with Crippen LogP contribution in [0.4, 0.5) is 25.0 Å². The van der Waals surface area contributed by atoms with Crippen LogP contribution in [0.25, 0.3) is 0 Å². The fourth-order valence-electron chi connectivity index (χ4n) is 2.05. The number of ether oxygens (including phenoxy) is 1. The molecule has 1 aromatic carbocycles. The van der Waals surface area contributed by atoms with Gasteiger partial charge in [-0.3, -0.25) is 4.79 Å². The smallest absolute Gasteiger partial charge is 0.326 e. The lowest BCUT2D eigenvalue weighted by Crippen LogP contribution is -2.50. The molecule has 0 saturated carbocycles. The Morgan fingerprint density at radius 3 is 2.68 bits per heavy atom. The number of nitrogens with zero attached hydrogens (tertiary/aromatic N) is 1. The molecule has 6 nitrogen and oxygen atoms in total. The molecule has 1 aromatic rings. The number of halogens is 2. The second kappa shape index (κ2) is 6.27. The molecule has 2 rings (SSSR count). The van der Waals surface area contributed by atoms with Crippen molar-refractivity contribution in [1.82, 2.24) is 4.90 Å². The number of anilines is 2. The number of hydrogen-bond donors (Lipinski definition) is 2. The van der Waals surface area contributed by atoms with Gasteiger partial charge in [0.2, 0.25) is 5.91 Å². The molecule has 0 aliphatic carbocycles. The molecule has 1 fully saturated rings. The van der Waals surface area contributed by atoms with E-state index in [2.05, 4.69) is 15.4 Å². The Hall–Kier alpha value is -2.22. The standard InChI is InChI=1S/C14H17F2N3O3/c1-9-3-4-11(7-12(9)17-10(2)20)18-13(21)19-5-6-22-14(15,16)8-19/h3-4,7H,5-6,8H2,1-2H3,(H,17,20)(H,18,21). The lowest BCUT2D eigenvalue weighted by Gasteiger charge is -2.32. The summed E-state index contributed by atoms with van der Waals surface area (Å²) in [5.41, 5.74) is 1.79. The molecule has 0 aromatic heterocycles. The Morgan fingerprint density at radius 1 is 1.32 bits per heavy atom. The monoisotopic (exact) mass is 313 g/mol. The highest BCUT2D eigenvalue weighted by molar-refractivity contribution is 5.93. The first kappa shape index (κ1) is 16.2. The number of alkyl halides is 2. The minimum Gasteiger partial charge on any atom is -0.326 e. The van der Waals surface area contributed by atoms with Crippen LogP contribution in [0.3, 0.4) is 0 Å². The number of carbonyl (C=O) groups is 2. The number of urea groups is 1. The number of nitrogens with one attached hydrogen (secondary N) is 2. The van der Waals surface area contributed by atoms with Crippen LogP contribution < -0.4 is 10.6 Å². The summed E-state index contributed by atoms with van der Waals surface area (Å²) >= 11 is 0. The molecule has 1 saturated heterocycles. The Balaban J connectivity index is 2.06. The molecule has 0 unspecified atom stereocenters. The maximum absolute atomic E-state index is 13.1. The molecule has 1 heterocycles. The van der Waals surface area contributed by atoms with E-state index < -0.39 is 18.7 Å². The summed E-state index contributed by atoms with van der Waals surface area (Å²) in [5.74, 6) is -0.237. The minimum atomic E-state index is -3.33. The third kappa shape index (κ3) is 4.14. The molecule has 8 heteroatoms. The molecule has 120 valence electrons. The van der Waals surface area contributed by atoms with Gasteiger partial charge in [-0.1, -0.05) is 6.07 Å². The third-order valence-corrected chi connectivity index (χ3v) is 3.14. The van der Waals surface area contributed by atoms with Crippen molar-refractivity contribution in [3.8, 4) is 0 Å². The number of aryl methyl sites for hydroxylation is 1. The van der Waals surface area contributed by atoms with Crippen molar-refractivity contribution >= 4 is 23.3 Å². The van der Waals surface area contributed by atoms with Gasteiger partial charge in [0.1, 0.15) is 6.54 Å². The van der Waals surface area contributed by atoms with E-state index in [1.807, 2.05) is 0 Å². The number of carbonyl (C=O) groups excluding carboxylic acids is 2. The van der Waals surface area contributed by atoms with Crippen molar-refractivity contribution in [2.24, 2.45) is 0 Å². The number of benzene rings is 1. The van der Waals surface area contributed by atoms with Crippen LogP contribution in [0.2, 0.25) is 0 Å². The highest BCUT2D eigenvalue weighted by atomic mass is 19.3. The van der Waals surface area contributed by atoms with E-state index in [1.165, 1.54) is 6.92 Å². The molecule has 0 bridgehead atoms. The van der Waals surface area contributed by atoms with Crippen molar-refractivity contribution in [3.05, 3.63) is 23.8 Å². The number of morpholine rings is 1. The Morgan fingerprint density at radius 2 is 2.05 bits per heavy atom. The second-order valence-corrected chi connectivity index (χ2v) is 5.05. The van der Waals surface area contributed by atoms with Crippen LogP contribution in [0, 0.1) is 6.92 Å². The van der Waals surface area contributed by atoms with Crippen molar-refractivity contribution in [2.45, 2.75) is 20.0 Å². The van der Waals surface area contributed by atoms with Gasteiger partial charge in [-0.25, -0.2) is 4.79 Å². The van der Waals surface area contributed by atoms with Crippen molar-refractivity contribution < 1.29 is 23.1 Å². The molecule has 1 aliphatic heterocycles. The Labute approximate surface area is 126 Å². The molecule has 1 aliphatic rings. The number of amides is 3. The molecule has 0 spiro atoms. The summed E-state index contributed by atoms with van der Waals surface area (Å²) < 4.78 is 30.5.